The van der Waals surface area contributed by atoms with Gasteiger partial charge in [0.25, 0.3) is 5.91 Å². The lowest BCUT2D eigenvalue weighted by Gasteiger charge is -2.07. The molecule has 1 saturated carbocycles. The minimum Gasteiger partial charge on any atom is -0.462 e. The van der Waals surface area contributed by atoms with Gasteiger partial charge in [-0.25, -0.2) is 4.79 Å². The van der Waals surface area contributed by atoms with E-state index < -0.39 is 5.97 Å². The van der Waals surface area contributed by atoms with Gasteiger partial charge < -0.3 is 15.4 Å². The topological polar surface area (TPSA) is 84.5 Å². The summed E-state index contributed by atoms with van der Waals surface area (Å²) >= 11 is 7.19. The highest BCUT2D eigenvalue weighted by Crippen LogP contribution is 2.37. The predicted octanol–water partition coefficient (Wildman–Crippen LogP) is 4.80. The monoisotopic (exact) mass is 420 g/mol. The SMILES string of the molecule is CCOC(=O)c1c(NC(=O)C2CC2)sc(C(=O)Nc2ccc(C)c(Cl)c2)c1C. The second-order valence-electron chi connectivity index (χ2n) is 6.66. The van der Waals surface area contributed by atoms with Crippen LogP contribution in [0.3, 0.4) is 0 Å². The summed E-state index contributed by atoms with van der Waals surface area (Å²) in [4.78, 5) is 37.7. The average Bonchev–Trinajstić information content (AvgIpc) is 3.43. The fraction of sp³-hybridized carbons (Fsp3) is 0.350. The molecule has 0 radical (unpaired) electrons. The quantitative estimate of drug-likeness (QED) is 0.657. The Kier molecular flexibility index (Phi) is 6.05. The van der Waals surface area contributed by atoms with Gasteiger partial charge >= 0.3 is 5.97 Å². The van der Waals surface area contributed by atoms with Crippen molar-refractivity contribution in [1.29, 1.82) is 0 Å². The van der Waals surface area contributed by atoms with Gasteiger partial charge in [-0.05, 0) is 56.9 Å². The van der Waals surface area contributed by atoms with E-state index in [9.17, 15) is 14.4 Å². The molecular weight excluding hydrogens is 400 g/mol. The lowest BCUT2D eigenvalue weighted by Crippen LogP contribution is -2.16. The zero-order valence-corrected chi connectivity index (χ0v) is 17.4. The van der Waals surface area contributed by atoms with Gasteiger partial charge in [0, 0.05) is 16.6 Å². The summed E-state index contributed by atoms with van der Waals surface area (Å²) in [5, 5.41) is 6.47. The highest BCUT2D eigenvalue weighted by Gasteiger charge is 2.32. The maximum absolute atomic E-state index is 12.8. The Balaban J connectivity index is 1.90. The number of ether oxygens (including phenoxy) is 1. The molecule has 1 aromatic heterocycles. The maximum Gasteiger partial charge on any atom is 0.341 e. The summed E-state index contributed by atoms with van der Waals surface area (Å²) in [5.74, 6) is -1.09. The van der Waals surface area contributed by atoms with E-state index >= 15 is 0 Å². The molecule has 2 N–H and O–H groups in total. The third-order valence-electron chi connectivity index (χ3n) is 4.45. The molecule has 1 aliphatic rings. The normalized spacial score (nSPS) is 13.1. The lowest BCUT2D eigenvalue weighted by atomic mass is 10.1. The van der Waals surface area contributed by atoms with Gasteiger partial charge in [0.15, 0.2) is 0 Å². The number of halogens is 1. The summed E-state index contributed by atoms with van der Waals surface area (Å²) in [6.07, 6.45) is 1.68. The van der Waals surface area contributed by atoms with Crippen molar-refractivity contribution < 1.29 is 19.1 Å². The van der Waals surface area contributed by atoms with Crippen molar-refractivity contribution in [2.75, 3.05) is 17.2 Å². The molecule has 1 aliphatic carbocycles. The highest BCUT2D eigenvalue weighted by molar-refractivity contribution is 7.19. The van der Waals surface area contributed by atoms with E-state index in [2.05, 4.69) is 10.6 Å². The number of hydrogen-bond acceptors (Lipinski definition) is 5. The minimum atomic E-state index is -0.556. The second kappa shape index (κ2) is 8.32. The van der Waals surface area contributed by atoms with Gasteiger partial charge in [-0.1, -0.05) is 17.7 Å². The molecule has 8 heteroatoms. The largest absolute Gasteiger partial charge is 0.462 e. The van der Waals surface area contributed by atoms with Crippen LogP contribution in [0.25, 0.3) is 0 Å². The van der Waals surface area contributed by atoms with Gasteiger partial charge in [0.05, 0.1) is 17.0 Å². The molecule has 2 amide bonds. The van der Waals surface area contributed by atoms with Crippen molar-refractivity contribution in [1.82, 2.24) is 0 Å². The molecule has 0 bridgehead atoms. The number of anilines is 2. The molecule has 3 rings (SSSR count). The van der Waals surface area contributed by atoms with Crippen LogP contribution in [-0.4, -0.2) is 24.4 Å². The Labute approximate surface area is 172 Å². The van der Waals surface area contributed by atoms with Crippen molar-refractivity contribution in [3.63, 3.8) is 0 Å². The number of carbonyl (C=O) groups is 3. The minimum absolute atomic E-state index is 0.0237. The number of rotatable bonds is 6. The molecule has 1 heterocycles. The third-order valence-corrected chi connectivity index (χ3v) is 6.06. The van der Waals surface area contributed by atoms with Crippen molar-refractivity contribution in [3.05, 3.63) is 44.8 Å². The lowest BCUT2D eigenvalue weighted by molar-refractivity contribution is -0.117. The van der Waals surface area contributed by atoms with E-state index in [-0.39, 0.29) is 29.9 Å². The number of hydrogen-bond donors (Lipinski definition) is 2. The van der Waals surface area contributed by atoms with Crippen LogP contribution < -0.4 is 10.6 Å². The van der Waals surface area contributed by atoms with Crippen LogP contribution in [0.15, 0.2) is 18.2 Å². The van der Waals surface area contributed by atoms with E-state index in [1.165, 1.54) is 0 Å². The van der Waals surface area contributed by atoms with Crippen LogP contribution in [0.1, 0.15) is 50.9 Å². The number of esters is 1. The van der Waals surface area contributed by atoms with Gasteiger partial charge in [-0.3, -0.25) is 9.59 Å². The maximum atomic E-state index is 12.8. The number of carbonyl (C=O) groups excluding carboxylic acids is 3. The first-order valence-electron chi connectivity index (χ1n) is 9.00. The summed E-state index contributed by atoms with van der Waals surface area (Å²) in [5.41, 5.74) is 2.16. The zero-order valence-electron chi connectivity index (χ0n) is 15.8. The Morgan fingerprint density at radius 1 is 1.21 bits per heavy atom. The number of benzene rings is 1. The predicted molar refractivity (Wildman–Crippen MR) is 111 cm³/mol. The summed E-state index contributed by atoms with van der Waals surface area (Å²) in [7, 11) is 0. The molecule has 28 heavy (non-hydrogen) atoms. The van der Waals surface area contributed by atoms with Crippen molar-refractivity contribution in [2.45, 2.75) is 33.6 Å². The highest BCUT2D eigenvalue weighted by atomic mass is 35.5. The van der Waals surface area contributed by atoms with Crippen LogP contribution in [0.5, 0.6) is 0 Å². The first-order valence-corrected chi connectivity index (χ1v) is 10.2. The molecule has 2 aromatic rings. The van der Waals surface area contributed by atoms with E-state index in [4.69, 9.17) is 16.3 Å². The standard InChI is InChI=1S/C20H21ClN2O4S/c1-4-27-20(26)15-11(3)16(28-19(15)23-17(24)12-6-7-12)18(25)22-13-8-5-10(2)14(21)9-13/h5,8-9,12H,4,6-7H2,1-3H3,(H,22,25)(H,23,24). The molecular formula is C20H21ClN2O4S. The van der Waals surface area contributed by atoms with Crippen molar-refractivity contribution in [2.24, 2.45) is 5.92 Å². The van der Waals surface area contributed by atoms with E-state index in [0.29, 0.717) is 26.2 Å². The molecule has 1 fully saturated rings. The van der Waals surface area contributed by atoms with Crippen LogP contribution in [0, 0.1) is 19.8 Å². The summed E-state index contributed by atoms with van der Waals surface area (Å²) in [6.45, 7) is 5.45. The van der Waals surface area contributed by atoms with E-state index in [0.717, 1.165) is 29.7 Å². The van der Waals surface area contributed by atoms with Crippen LogP contribution in [-0.2, 0) is 9.53 Å². The molecule has 0 saturated heterocycles. The molecule has 0 atom stereocenters. The Morgan fingerprint density at radius 2 is 1.93 bits per heavy atom. The third kappa shape index (κ3) is 4.36. The second-order valence-corrected chi connectivity index (χ2v) is 8.09. The Morgan fingerprint density at radius 3 is 2.54 bits per heavy atom. The fourth-order valence-electron chi connectivity index (χ4n) is 2.69. The first kappa shape index (κ1) is 20.4. The number of amides is 2. The smallest absolute Gasteiger partial charge is 0.341 e. The van der Waals surface area contributed by atoms with Crippen LogP contribution >= 0.6 is 22.9 Å². The van der Waals surface area contributed by atoms with Crippen molar-refractivity contribution in [3.8, 4) is 0 Å². The van der Waals surface area contributed by atoms with Gasteiger partial charge in [0.1, 0.15) is 5.00 Å². The average molecular weight is 421 g/mol. The molecule has 0 spiro atoms. The molecule has 1 aromatic carbocycles. The number of thiophene rings is 1. The first-order chi connectivity index (χ1) is 13.3. The fourth-order valence-corrected chi connectivity index (χ4v) is 3.96. The number of aryl methyl sites for hydroxylation is 1. The number of nitrogens with one attached hydrogen (secondary N) is 2. The van der Waals surface area contributed by atoms with E-state index in [1.54, 1.807) is 26.0 Å². The Hall–Kier alpha value is -2.38. The summed E-state index contributed by atoms with van der Waals surface area (Å²) < 4.78 is 5.11. The van der Waals surface area contributed by atoms with Gasteiger partial charge in [-0.2, -0.15) is 0 Å². The Bertz CT molecular complexity index is 950. The van der Waals surface area contributed by atoms with Crippen LogP contribution in [0.2, 0.25) is 5.02 Å². The molecule has 148 valence electrons. The van der Waals surface area contributed by atoms with E-state index in [1.807, 2.05) is 13.0 Å². The van der Waals surface area contributed by atoms with Crippen LogP contribution in [0.4, 0.5) is 10.7 Å². The van der Waals surface area contributed by atoms with Crippen molar-refractivity contribution >= 4 is 51.4 Å². The molecule has 0 aliphatic heterocycles. The molecule has 0 unspecified atom stereocenters. The van der Waals surface area contributed by atoms with Gasteiger partial charge in [0.2, 0.25) is 5.91 Å². The van der Waals surface area contributed by atoms with Gasteiger partial charge in [-0.15, -0.1) is 11.3 Å². The molecule has 6 nitrogen and oxygen atoms in total. The zero-order chi connectivity index (χ0) is 20.4. The summed E-state index contributed by atoms with van der Waals surface area (Å²) in [6, 6.07) is 5.23.